The van der Waals surface area contributed by atoms with Gasteiger partial charge in [0, 0.05) is 12.1 Å². The maximum atomic E-state index is 15.6. The molecule has 5 unspecified atom stereocenters. The molecular formula is C37H62FNO5Si. The van der Waals surface area contributed by atoms with Gasteiger partial charge < -0.3 is 19.0 Å². The van der Waals surface area contributed by atoms with Gasteiger partial charge in [-0.05, 0) is 102 Å². The second kappa shape index (κ2) is 16.4. The minimum atomic E-state index is -2.23. The van der Waals surface area contributed by atoms with Gasteiger partial charge in [0.1, 0.15) is 17.7 Å². The largest absolute Gasteiger partial charge is 0.407 e. The van der Waals surface area contributed by atoms with Crippen molar-refractivity contribution in [1.29, 1.82) is 0 Å². The third-order valence-electron chi connectivity index (χ3n) is 9.90. The van der Waals surface area contributed by atoms with Gasteiger partial charge in [-0.25, -0.2) is 4.39 Å². The van der Waals surface area contributed by atoms with Gasteiger partial charge in [0.2, 0.25) is 0 Å². The van der Waals surface area contributed by atoms with E-state index in [9.17, 15) is 9.90 Å². The molecule has 0 radical (unpaired) electrons. The highest BCUT2D eigenvalue weighted by molar-refractivity contribution is 6.74. The summed E-state index contributed by atoms with van der Waals surface area (Å²) in [5.41, 5.74) is 1.00. The lowest BCUT2D eigenvalue weighted by atomic mass is 9.71. The van der Waals surface area contributed by atoms with Gasteiger partial charge in [-0.2, -0.15) is 0 Å². The number of pyridine rings is 1. The number of halogens is 1. The van der Waals surface area contributed by atoms with Crippen LogP contribution in [0.1, 0.15) is 113 Å². The number of aliphatic hydroxyl groups excluding tert-OH is 1. The average Bonchev–Trinajstić information content (AvgIpc) is 2.94. The predicted molar refractivity (Wildman–Crippen MR) is 185 cm³/mol. The predicted octanol–water partition coefficient (Wildman–Crippen LogP) is 9.45. The van der Waals surface area contributed by atoms with Crippen LogP contribution in [0.3, 0.4) is 0 Å². The van der Waals surface area contributed by atoms with Crippen LogP contribution in [0.15, 0.2) is 41.9 Å². The molecule has 2 heterocycles. The number of hydrogen-bond donors (Lipinski definition) is 1. The van der Waals surface area contributed by atoms with Gasteiger partial charge in [-0.15, -0.1) is 0 Å². The molecule has 1 aromatic rings. The molecule has 1 saturated heterocycles. The quantitative estimate of drug-likeness (QED) is 0.142. The van der Waals surface area contributed by atoms with Gasteiger partial charge in [0.15, 0.2) is 14.1 Å². The Kier molecular flexibility index (Phi) is 14.4. The molecule has 1 fully saturated rings. The monoisotopic (exact) mass is 647 g/mol. The molecule has 0 aliphatic carbocycles. The highest BCUT2D eigenvalue weighted by Crippen LogP contribution is 2.40. The van der Waals surface area contributed by atoms with Crippen LogP contribution in [0, 0.1) is 17.3 Å². The van der Waals surface area contributed by atoms with Crippen LogP contribution in [0.2, 0.25) is 18.1 Å². The van der Waals surface area contributed by atoms with Gasteiger partial charge in [0.25, 0.3) is 0 Å². The van der Waals surface area contributed by atoms with Crippen LogP contribution in [0.25, 0.3) is 6.08 Å². The minimum absolute atomic E-state index is 0.0389. The molecule has 1 aliphatic rings. The van der Waals surface area contributed by atoms with Crippen molar-refractivity contribution in [3.8, 4) is 0 Å². The zero-order chi connectivity index (χ0) is 34.2. The van der Waals surface area contributed by atoms with E-state index in [1.54, 1.807) is 12.3 Å². The summed E-state index contributed by atoms with van der Waals surface area (Å²) < 4.78 is 34.0. The number of Topliss-reactive ketones (excluding diaryl/α,β-unsaturated/α-hetero) is 1. The third-order valence-corrected chi connectivity index (χ3v) is 14.4. The minimum Gasteiger partial charge on any atom is -0.407 e. The first-order valence-corrected chi connectivity index (χ1v) is 19.8. The van der Waals surface area contributed by atoms with Gasteiger partial charge in [0.05, 0.1) is 29.9 Å². The SMILES string of the molecule is CCC(C(=O)C(C)(C)C1CCOC(C)(C)O1)C(O)C(C)CCCC(C)=CCC(O[Si](C)(C)C(C)(C)C)C(F)=Cc1ccccn1. The summed E-state index contributed by atoms with van der Waals surface area (Å²) in [6.07, 6.45) is 7.72. The van der Waals surface area contributed by atoms with E-state index in [0.29, 0.717) is 31.6 Å². The number of hydrogen-bond acceptors (Lipinski definition) is 6. The van der Waals surface area contributed by atoms with E-state index >= 15 is 4.39 Å². The topological polar surface area (TPSA) is 77.9 Å². The van der Waals surface area contributed by atoms with Gasteiger partial charge in [-0.3, -0.25) is 9.78 Å². The standard InChI is InChI=1S/C37H62FNO5Si/c1-13-29(34(41)36(7,8)32-22-24-42-37(9,10)43-32)33(40)27(3)18-16-17-26(2)20-21-31(44-45(11,12)35(4,5)6)30(38)25-28-19-14-15-23-39-28/h14-15,19-20,23,25,27,29,31-33,40H,13,16-18,21-22,24H2,1-12H3. The zero-order valence-corrected chi connectivity index (χ0v) is 31.2. The van der Waals surface area contributed by atoms with Crippen LogP contribution >= 0.6 is 0 Å². The van der Waals surface area contributed by atoms with E-state index in [4.69, 9.17) is 13.9 Å². The zero-order valence-electron chi connectivity index (χ0n) is 30.2. The van der Waals surface area contributed by atoms with E-state index in [2.05, 4.69) is 51.8 Å². The van der Waals surface area contributed by atoms with Crippen molar-refractivity contribution in [2.24, 2.45) is 17.3 Å². The fourth-order valence-electron chi connectivity index (χ4n) is 5.70. The maximum absolute atomic E-state index is 15.6. The number of ketones is 1. The van der Waals surface area contributed by atoms with Crippen molar-refractivity contribution < 1.29 is 28.2 Å². The number of rotatable bonds is 16. The van der Waals surface area contributed by atoms with Crippen LogP contribution in [-0.2, 0) is 18.7 Å². The normalized spacial score (nSPS) is 21.2. The van der Waals surface area contributed by atoms with Crippen molar-refractivity contribution >= 4 is 20.2 Å². The van der Waals surface area contributed by atoms with Crippen molar-refractivity contribution in [3.05, 3.63) is 47.6 Å². The van der Waals surface area contributed by atoms with Crippen molar-refractivity contribution in [1.82, 2.24) is 4.98 Å². The smallest absolute Gasteiger partial charge is 0.193 e. The lowest BCUT2D eigenvalue weighted by molar-refractivity contribution is -0.289. The van der Waals surface area contributed by atoms with Crippen LogP contribution in [0.4, 0.5) is 4.39 Å². The van der Waals surface area contributed by atoms with Gasteiger partial charge in [-0.1, -0.05) is 66.2 Å². The van der Waals surface area contributed by atoms with Crippen LogP contribution in [0.5, 0.6) is 0 Å². The van der Waals surface area contributed by atoms with E-state index in [0.717, 1.165) is 24.8 Å². The molecule has 0 aromatic carbocycles. The van der Waals surface area contributed by atoms with Gasteiger partial charge >= 0.3 is 0 Å². The second-order valence-electron chi connectivity index (χ2n) is 15.5. The molecule has 1 aromatic heterocycles. The summed E-state index contributed by atoms with van der Waals surface area (Å²) >= 11 is 0. The van der Waals surface area contributed by atoms with Crippen LogP contribution < -0.4 is 0 Å². The Morgan fingerprint density at radius 2 is 1.91 bits per heavy atom. The average molecular weight is 648 g/mol. The lowest BCUT2D eigenvalue weighted by Crippen LogP contribution is -2.52. The highest BCUT2D eigenvalue weighted by Gasteiger charge is 2.46. The van der Waals surface area contributed by atoms with Crippen LogP contribution in [-0.4, -0.2) is 54.9 Å². The summed E-state index contributed by atoms with van der Waals surface area (Å²) in [6.45, 7) is 25.0. The molecule has 256 valence electrons. The number of carbonyl (C=O) groups is 1. The molecule has 1 N–H and O–H groups in total. The summed E-state index contributed by atoms with van der Waals surface area (Å²) in [5, 5.41) is 11.3. The van der Waals surface area contributed by atoms with Crippen molar-refractivity contribution in [2.75, 3.05) is 6.61 Å². The summed E-state index contributed by atoms with van der Waals surface area (Å²) in [4.78, 5) is 18.0. The lowest BCUT2D eigenvalue weighted by Gasteiger charge is -2.44. The Labute approximate surface area is 274 Å². The molecule has 0 bridgehead atoms. The Bertz CT molecular complexity index is 1140. The molecular weight excluding hydrogens is 585 g/mol. The molecule has 45 heavy (non-hydrogen) atoms. The number of ether oxygens (including phenoxy) is 2. The molecule has 2 rings (SSSR count). The molecule has 0 spiro atoms. The number of carbonyl (C=O) groups excluding carboxylic acids is 1. The molecule has 6 nitrogen and oxygen atoms in total. The third kappa shape index (κ3) is 11.5. The molecule has 0 saturated carbocycles. The molecule has 5 atom stereocenters. The van der Waals surface area contributed by atoms with Crippen molar-refractivity contribution in [3.63, 3.8) is 0 Å². The Morgan fingerprint density at radius 3 is 2.47 bits per heavy atom. The second-order valence-corrected chi connectivity index (χ2v) is 20.3. The number of nitrogens with zero attached hydrogens (tertiary/aromatic N) is 1. The number of allylic oxidation sites excluding steroid dienone is 1. The molecule has 8 heteroatoms. The van der Waals surface area contributed by atoms with Crippen molar-refractivity contribution in [2.45, 2.75) is 150 Å². The maximum Gasteiger partial charge on any atom is 0.193 e. The van der Waals surface area contributed by atoms with E-state index in [-0.39, 0.29) is 28.7 Å². The first-order valence-electron chi connectivity index (χ1n) is 16.9. The summed E-state index contributed by atoms with van der Waals surface area (Å²) in [6, 6.07) is 5.45. The summed E-state index contributed by atoms with van der Waals surface area (Å²) in [5.74, 6) is -1.48. The number of aromatic nitrogens is 1. The summed E-state index contributed by atoms with van der Waals surface area (Å²) in [7, 11) is -2.23. The number of aliphatic hydroxyl groups is 1. The Morgan fingerprint density at radius 1 is 1.24 bits per heavy atom. The molecule has 1 aliphatic heterocycles. The Balaban J connectivity index is 2.04. The molecule has 0 amide bonds. The highest BCUT2D eigenvalue weighted by atomic mass is 28.4. The first kappa shape index (κ1) is 39.5. The first-order chi connectivity index (χ1) is 20.7. The van der Waals surface area contributed by atoms with E-state index in [1.165, 1.54) is 6.08 Å². The Hall–Kier alpha value is -1.71. The van der Waals surface area contributed by atoms with E-state index < -0.39 is 37.6 Å². The van der Waals surface area contributed by atoms with E-state index in [1.807, 2.05) is 53.7 Å². The fourth-order valence-corrected chi connectivity index (χ4v) is 6.97. The fraction of sp³-hybridized carbons (Fsp3) is 0.730.